The van der Waals surface area contributed by atoms with Crippen molar-refractivity contribution >= 4 is 16.6 Å². The van der Waals surface area contributed by atoms with E-state index in [1.165, 1.54) is 6.07 Å². The average molecular weight is 232 g/mol. The molecule has 0 saturated carbocycles. The van der Waals surface area contributed by atoms with Crippen LogP contribution in [0.1, 0.15) is 16.8 Å². The second-order valence-electron chi connectivity index (χ2n) is 4.34. The molecule has 3 nitrogen and oxygen atoms in total. The van der Waals surface area contributed by atoms with Crippen LogP contribution < -0.4 is 5.73 Å². The van der Waals surface area contributed by atoms with Gasteiger partial charge in [0.05, 0.1) is 18.9 Å². The third-order valence-corrected chi connectivity index (χ3v) is 3.26. The lowest BCUT2D eigenvalue weighted by Gasteiger charge is -2.19. The summed E-state index contributed by atoms with van der Waals surface area (Å²) in [5.74, 6) is -0.313. The number of hydrogen-bond donors (Lipinski definition) is 1. The molecule has 1 aliphatic rings. The summed E-state index contributed by atoms with van der Waals surface area (Å²) in [4.78, 5) is 4.40. The van der Waals surface area contributed by atoms with Gasteiger partial charge in [-0.05, 0) is 18.6 Å². The van der Waals surface area contributed by atoms with Crippen molar-refractivity contribution in [2.45, 2.75) is 20.0 Å². The van der Waals surface area contributed by atoms with Gasteiger partial charge in [0.1, 0.15) is 11.3 Å². The fourth-order valence-electron chi connectivity index (χ4n) is 2.34. The molecule has 0 radical (unpaired) electrons. The molecular formula is C13H13FN2O. The van der Waals surface area contributed by atoms with Crippen molar-refractivity contribution in [3.8, 4) is 0 Å². The molecule has 0 bridgehead atoms. The number of pyridine rings is 1. The minimum Gasteiger partial charge on any atom is -0.398 e. The summed E-state index contributed by atoms with van der Waals surface area (Å²) in [6.45, 7) is 3.01. The second-order valence-corrected chi connectivity index (χ2v) is 4.34. The Morgan fingerprint density at radius 2 is 2.24 bits per heavy atom. The Hall–Kier alpha value is -1.68. The number of fused-ring (bicyclic) bond motifs is 2. The molecule has 0 spiro atoms. The van der Waals surface area contributed by atoms with Crippen LogP contribution in [0.3, 0.4) is 0 Å². The van der Waals surface area contributed by atoms with Crippen LogP contribution in [0.25, 0.3) is 10.9 Å². The topological polar surface area (TPSA) is 48.1 Å². The third kappa shape index (κ3) is 1.48. The van der Waals surface area contributed by atoms with E-state index in [1.807, 2.05) is 6.92 Å². The quantitative estimate of drug-likeness (QED) is 0.758. The summed E-state index contributed by atoms with van der Waals surface area (Å²) in [5.41, 5.74) is 9.84. The first-order chi connectivity index (χ1) is 8.18. The van der Waals surface area contributed by atoms with E-state index in [9.17, 15) is 4.39 Å². The molecular weight excluding hydrogens is 219 g/mol. The zero-order valence-corrected chi connectivity index (χ0v) is 9.59. The van der Waals surface area contributed by atoms with Crippen LogP contribution in [0.15, 0.2) is 12.1 Å². The molecule has 4 heteroatoms. The number of hydrogen-bond acceptors (Lipinski definition) is 3. The van der Waals surface area contributed by atoms with Gasteiger partial charge in [0.15, 0.2) is 0 Å². The van der Waals surface area contributed by atoms with E-state index in [1.54, 1.807) is 6.07 Å². The average Bonchev–Trinajstić information content (AvgIpc) is 2.34. The molecule has 0 amide bonds. The van der Waals surface area contributed by atoms with Crippen LogP contribution in [-0.4, -0.2) is 11.6 Å². The van der Waals surface area contributed by atoms with Crippen molar-refractivity contribution in [3.63, 3.8) is 0 Å². The molecule has 1 aromatic carbocycles. The van der Waals surface area contributed by atoms with Gasteiger partial charge in [-0.15, -0.1) is 0 Å². The summed E-state index contributed by atoms with van der Waals surface area (Å²) in [7, 11) is 0. The first-order valence-corrected chi connectivity index (χ1v) is 5.62. The van der Waals surface area contributed by atoms with Crippen LogP contribution in [-0.2, 0) is 17.8 Å². The van der Waals surface area contributed by atoms with E-state index in [0.717, 1.165) is 16.8 Å². The first-order valence-electron chi connectivity index (χ1n) is 5.62. The Morgan fingerprint density at radius 1 is 1.41 bits per heavy atom. The number of nitrogens with zero attached hydrogens (tertiary/aromatic N) is 1. The van der Waals surface area contributed by atoms with Crippen LogP contribution in [0.5, 0.6) is 0 Å². The number of nitrogens with two attached hydrogens (primary N) is 1. The smallest absolute Gasteiger partial charge is 0.149 e. The number of ether oxygens (including phenoxy) is 1. The van der Waals surface area contributed by atoms with Gasteiger partial charge in [0.25, 0.3) is 0 Å². The number of rotatable bonds is 0. The number of anilines is 1. The van der Waals surface area contributed by atoms with Crippen LogP contribution >= 0.6 is 0 Å². The number of aromatic nitrogens is 1. The summed E-state index contributed by atoms with van der Waals surface area (Å²) in [6, 6.07) is 3.17. The predicted molar refractivity (Wildman–Crippen MR) is 64.2 cm³/mol. The first kappa shape index (κ1) is 10.5. The summed E-state index contributed by atoms with van der Waals surface area (Å²) < 4.78 is 19.1. The van der Waals surface area contributed by atoms with E-state index >= 15 is 0 Å². The Balaban J connectivity index is 2.44. The minimum atomic E-state index is -0.313. The van der Waals surface area contributed by atoms with Crippen LogP contribution in [0.2, 0.25) is 0 Å². The monoisotopic (exact) mass is 232 g/mol. The fourth-order valence-corrected chi connectivity index (χ4v) is 2.34. The highest BCUT2D eigenvalue weighted by Crippen LogP contribution is 2.32. The lowest BCUT2D eigenvalue weighted by molar-refractivity contribution is 0.110. The maximum atomic E-state index is 13.8. The normalized spacial score (nSPS) is 14.9. The molecule has 17 heavy (non-hydrogen) atoms. The zero-order chi connectivity index (χ0) is 12.0. The minimum absolute atomic E-state index is 0.313. The Kier molecular flexibility index (Phi) is 2.26. The van der Waals surface area contributed by atoms with E-state index in [-0.39, 0.29) is 5.82 Å². The van der Waals surface area contributed by atoms with Gasteiger partial charge in [-0.1, -0.05) is 6.07 Å². The van der Waals surface area contributed by atoms with Gasteiger partial charge >= 0.3 is 0 Å². The SMILES string of the molecule is Cc1ccc(F)c2nc3c(c(N)c12)COCC3. The van der Waals surface area contributed by atoms with Gasteiger partial charge in [-0.2, -0.15) is 0 Å². The number of nitrogen functional groups attached to an aromatic ring is 1. The molecule has 2 N–H and O–H groups in total. The lowest BCUT2D eigenvalue weighted by Crippen LogP contribution is -2.15. The van der Waals surface area contributed by atoms with Gasteiger partial charge < -0.3 is 10.5 Å². The molecule has 0 atom stereocenters. The predicted octanol–water partition coefficient (Wildman–Crippen LogP) is 2.34. The van der Waals surface area contributed by atoms with Crippen molar-refractivity contribution in [3.05, 3.63) is 34.8 Å². The molecule has 3 rings (SSSR count). The maximum absolute atomic E-state index is 13.8. The molecule has 1 aromatic heterocycles. The zero-order valence-electron chi connectivity index (χ0n) is 9.59. The largest absolute Gasteiger partial charge is 0.398 e. The van der Waals surface area contributed by atoms with Crippen molar-refractivity contribution in [1.29, 1.82) is 0 Å². The maximum Gasteiger partial charge on any atom is 0.149 e. The molecule has 0 unspecified atom stereocenters. The van der Waals surface area contributed by atoms with E-state index < -0.39 is 0 Å². The number of benzene rings is 1. The molecule has 1 aliphatic heterocycles. The van der Waals surface area contributed by atoms with Crippen molar-refractivity contribution in [2.24, 2.45) is 0 Å². The molecule has 0 aliphatic carbocycles. The Bertz CT molecular complexity index is 610. The lowest BCUT2D eigenvalue weighted by atomic mass is 10.0. The van der Waals surface area contributed by atoms with E-state index in [4.69, 9.17) is 10.5 Å². The van der Waals surface area contributed by atoms with Crippen molar-refractivity contribution < 1.29 is 9.13 Å². The van der Waals surface area contributed by atoms with Gasteiger partial charge in [-0.3, -0.25) is 0 Å². The van der Waals surface area contributed by atoms with Crippen molar-refractivity contribution in [1.82, 2.24) is 4.98 Å². The molecule has 2 heterocycles. The molecule has 0 saturated heterocycles. The van der Waals surface area contributed by atoms with Crippen LogP contribution in [0.4, 0.5) is 10.1 Å². The van der Waals surface area contributed by atoms with Gasteiger partial charge in [-0.25, -0.2) is 9.37 Å². The van der Waals surface area contributed by atoms with Crippen molar-refractivity contribution in [2.75, 3.05) is 12.3 Å². The highest BCUT2D eigenvalue weighted by atomic mass is 19.1. The highest BCUT2D eigenvalue weighted by molar-refractivity contribution is 5.95. The molecule has 88 valence electrons. The third-order valence-electron chi connectivity index (χ3n) is 3.26. The number of aryl methyl sites for hydroxylation is 1. The Morgan fingerprint density at radius 3 is 3.06 bits per heavy atom. The molecule has 0 fully saturated rings. The molecule has 2 aromatic rings. The standard InChI is InChI=1S/C13H13FN2O/c1-7-2-3-9(14)13-11(7)12(15)8-6-17-5-4-10(8)16-13/h2-3H,4-6H2,1H3,(H2,15,16). The highest BCUT2D eigenvalue weighted by Gasteiger charge is 2.19. The van der Waals surface area contributed by atoms with E-state index in [0.29, 0.717) is 36.2 Å². The summed E-state index contributed by atoms with van der Waals surface area (Å²) in [5, 5.41) is 0.717. The van der Waals surface area contributed by atoms with Gasteiger partial charge in [0, 0.05) is 23.1 Å². The summed E-state index contributed by atoms with van der Waals surface area (Å²) in [6.07, 6.45) is 0.697. The Labute approximate surface area is 98.4 Å². The second kappa shape index (κ2) is 3.67. The van der Waals surface area contributed by atoms with Gasteiger partial charge in [0.2, 0.25) is 0 Å². The fraction of sp³-hybridized carbons (Fsp3) is 0.308. The summed E-state index contributed by atoms with van der Waals surface area (Å²) >= 11 is 0. The number of halogens is 1. The van der Waals surface area contributed by atoms with Crippen LogP contribution in [0, 0.1) is 12.7 Å². The van der Waals surface area contributed by atoms with E-state index in [2.05, 4.69) is 4.98 Å².